The number of rotatable bonds is 5. The van der Waals surface area contributed by atoms with Crippen LogP contribution in [0.5, 0.6) is 0 Å². The summed E-state index contributed by atoms with van der Waals surface area (Å²) in [5.74, 6) is 0.787. The normalized spacial score (nSPS) is 13.5. The van der Waals surface area contributed by atoms with Crippen molar-refractivity contribution in [2.24, 2.45) is 5.92 Å². The molecule has 0 bridgehead atoms. The van der Waals surface area contributed by atoms with Crippen LogP contribution < -0.4 is 0 Å². The maximum absolute atomic E-state index is 3.74. The highest BCUT2D eigenvalue weighted by Gasteiger charge is 2.07. The van der Waals surface area contributed by atoms with Gasteiger partial charge in [-0.2, -0.15) is 0 Å². The summed E-state index contributed by atoms with van der Waals surface area (Å²) in [6, 6.07) is 2.22. The van der Waals surface area contributed by atoms with Crippen molar-refractivity contribution in [2.75, 3.05) is 0 Å². The van der Waals surface area contributed by atoms with Gasteiger partial charge in [0.05, 0.1) is 0 Å². The van der Waals surface area contributed by atoms with Crippen LogP contribution in [0.15, 0.2) is 15.9 Å². The first-order valence-corrected chi connectivity index (χ1v) is 7.53. The lowest BCUT2D eigenvalue weighted by atomic mass is 10.0. The molecule has 0 aliphatic heterocycles. The van der Waals surface area contributed by atoms with Crippen molar-refractivity contribution in [2.45, 2.75) is 37.9 Å². The summed E-state index contributed by atoms with van der Waals surface area (Å²) in [5, 5.41) is 2.15. The van der Waals surface area contributed by atoms with Crippen molar-refractivity contribution >= 4 is 43.2 Å². The first-order chi connectivity index (χ1) is 6.58. The van der Waals surface area contributed by atoms with Gasteiger partial charge in [-0.1, -0.05) is 29.8 Å². The molecule has 3 heteroatoms. The molecule has 0 N–H and O–H groups in total. The Morgan fingerprint density at radius 2 is 2.14 bits per heavy atom. The molecule has 80 valence electrons. The van der Waals surface area contributed by atoms with Gasteiger partial charge in [-0.15, -0.1) is 11.3 Å². The average Bonchev–Trinajstić information content (AvgIpc) is 2.47. The molecule has 0 saturated carbocycles. The molecule has 1 rings (SSSR count). The summed E-state index contributed by atoms with van der Waals surface area (Å²) >= 11 is 9.06. The minimum absolute atomic E-state index is 0.670. The van der Waals surface area contributed by atoms with Crippen molar-refractivity contribution in [1.29, 1.82) is 0 Å². The van der Waals surface area contributed by atoms with E-state index in [9.17, 15) is 0 Å². The average molecular weight is 340 g/mol. The van der Waals surface area contributed by atoms with E-state index < -0.39 is 0 Å². The van der Waals surface area contributed by atoms with Crippen LogP contribution in [0.2, 0.25) is 0 Å². The summed E-state index contributed by atoms with van der Waals surface area (Å²) in [6.07, 6.45) is 3.70. The minimum atomic E-state index is 0.670. The molecule has 0 spiro atoms. The third-order valence-electron chi connectivity index (χ3n) is 2.05. The minimum Gasteiger partial charge on any atom is -0.148 e. The van der Waals surface area contributed by atoms with E-state index in [-0.39, 0.29) is 0 Å². The van der Waals surface area contributed by atoms with Gasteiger partial charge < -0.3 is 0 Å². The Bertz CT molecular complexity index is 268. The van der Waals surface area contributed by atoms with Gasteiger partial charge in [0.25, 0.3) is 0 Å². The van der Waals surface area contributed by atoms with Gasteiger partial charge in [0.2, 0.25) is 0 Å². The smallest absolute Gasteiger partial charge is 0.0285 e. The topological polar surface area (TPSA) is 0 Å². The largest absolute Gasteiger partial charge is 0.148 e. The molecule has 0 aromatic carbocycles. The van der Waals surface area contributed by atoms with Crippen LogP contribution >= 0.6 is 43.2 Å². The molecule has 0 nitrogen and oxygen atoms in total. The Hall–Kier alpha value is 0.660. The summed E-state index contributed by atoms with van der Waals surface area (Å²) in [6.45, 7) is 4.55. The van der Waals surface area contributed by atoms with Gasteiger partial charge in [-0.3, -0.25) is 0 Å². The summed E-state index contributed by atoms with van der Waals surface area (Å²) in [4.78, 5) is 2.15. The van der Waals surface area contributed by atoms with E-state index in [0.717, 1.165) is 5.92 Å². The fourth-order valence-electron chi connectivity index (χ4n) is 1.41. The summed E-state index contributed by atoms with van der Waals surface area (Å²) in [5.41, 5.74) is 0. The highest BCUT2D eigenvalue weighted by atomic mass is 79.9. The van der Waals surface area contributed by atoms with E-state index in [1.807, 2.05) is 11.3 Å². The van der Waals surface area contributed by atoms with Gasteiger partial charge in [0.1, 0.15) is 0 Å². The molecule has 0 saturated heterocycles. The van der Waals surface area contributed by atoms with E-state index in [1.165, 1.54) is 28.6 Å². The molecule has 0 fully saturated rings. The van der Waals surface area contributed by atoms with E-state index in [4.69, 9.17) is 0 Å². The quantitative estimate of drug-likeness (QED) is 0.642. The number of alkyl halides is 1. The Morgan fingerprint density at radius 3 is 2.64 bits per heavy atom. The monoisotopic (exact) mass is 338 g/mol. The van der Waals surface area contributed by atoms with Crippen molar-refractivity contribution in [3.63, 3.8) is 0 Å². The second kappa shape index (κ2) is 6.29. The summed E-state index contributed by atoms with van der Waals surface area (Å²) in [7, 11) is 0. The van der Waals surface area contributed by atoms with Crippen molar-refractivity contribution < 1.29 is 0 Å². The fraction of sp³-hybridized carbons (Fsp3) is 0.636. The van der Waals surface area contributed by atoms with E-state index in [2.05, 4.69) is 57.2 Å². The zero-order valence-electron chi connectivity index (χ0n) is 8.59. The van der Waals surface area contributed by atoms with Crippen molar-refractivity contribution in [3.8, 4) is 0 Å². The standard InChI is InChI=1S/C11H16Br2S/c1-8(2)5-9(12)3-4-11-6-10(13)7-14-11/h6-9H,3-5H2,1-2H3. The zero-order chi connectivity index (χ0) is 10.6. The lowest BCUT2D eigenvalue weighted by molar-refractivity contribution is 0.555. The second-order valence-electron chi connectivity index (χ2n) is 4.00. The Morgan fingerprint density at radius 1 is 1.43 bits per heavy atom. The highest BCUT2D eigenvalue weighted by molar-refractivity contribution is 9.10. The van der Waals surface area contributed by atoms with Crippen LogP contribution in [-0.4, -0.2) is 4.83 Å². The molecule has 0 amide bonds. The van der Waals surface area contributed by atoms with E-state index >= 15 is 0 Å². The third kappa shape index (κ3) is 4.94. The maximum Gasteiger partial charge on any atom is 0.0285 e. The van der Waals surface area contributed by atoms with Gasteiger partial charge in [-0.05, 0) is 47.2 Å². The molecule has 1 atom stereocenters. The Balaban J connectivity index is 2.26. The number of halogens is 2. The second-order valence-corrected chi connectivity index (χ2v) is 7.20. The molecule has 1 aromatic rings. The molecular weight excluding hydrogens is 324 g/mol. The van der Waals surface area contributed by atoms with Crippen LogP contribution in [0.25, 0.3) is 0 Å². The predicted molar refractivity (Wildman–Crippen MR) is 72.5 cm³/mol. The molecule has 0 aliphatic rings. The maximum atomic E-state index is 3.74. The van der Waals surface area contributed by atoms with Crippen LogP contribution in [0.1, 0.15) is 31.6 Å². The van der Waals surface area contributed by atoms with Crippen LogP contribution in [-0.2, 0) is 6.42 Å². The van der Waals surface area contributed by atoms with Gasteiger partial charge in [0.15, 0.2) is 0 Å². The van der Waals surface area contributed by atoms with Gasteiger partial charge >= 0.3 is 0 Å². The highest BCUT2D eigenvalue weighted by Crippen LogP contribution is 2.24. The number of hydrogen-bond donors (Lipinski definition) is 0. The molecule has 1 heterocycles. The summed E-state index contributed by atoms with van der Waals surface area (Å²) < 4.78 is 1.22. The Kier molecular flexibility index (Phi) is 5.72. The Labute approximate surface area is 107 Å². The molecule has 0 radical (unpaired) electrons. The first-order valence-electron chi connectivity index (χ1n) is 4.95. The van der Waals surface area contributed by atoms with E-state index in [1.54, 1.807) is 0 Å². The number of hydrogen-bond acceptors (Lipinski definition) is 1. The molecule has 1 aromatic heterocycles. The van der Waals surface area contributed by atoms with Gasteiger partial charge in [-0.25, -0.2) is 0 Å². The molecule has 14 heavy (non-hydrogen) atoms. The lowest BCUT2D eigenvalue weighted by Crippen LogP contribution is -2.03. The van der Waals surface area contributed by atoms with Crippen LogP contribution in [0.4, 0.5) is 0 Å². The van der Waals surface area contributed by atoms with Crippen LogP contribution in [0, 0.1) is 5.92 Å². The van der Waals surface area contributed by atoms with Crippen LogP contribution in [0.3, 0.4) is 0 Å². The predicted octanol–water partition coefficient (Wildman–Crippen LogP) is 5.25. The number of thiophene rings is 1. The third-order valence-corrected chi connectivity index (χ3v) is 4.64. The van der Waals surface area contributed by atoms with Gasteiger partial charge in [0, 0.05) is 19.6 Å². The molecular formula is C11H16Br2S. The van der Waals surface area contributed by atoms with Crippen molar-refractivity contribution in [1.82, 2.24) is 0 Å². The lowest BCUT2D eigenvalue weighted by Gasteiger charge is -2.11. The SMILES string of the molecule is CC(C)CC(Br)CCc1cc(Br)cs1. The number of aryl methyl sites for hydroxylation is 1. The fourth-order valence-corrected chi connectivity index (χ4v) is 3.86. The zero-order valence-corrected chi connectivity index (χ0v) is 12.6. The van der Waals surface area contributed by atoms with E-state index in [0.29, 0.717) is 4.83 Å². The molecule has 1 unspecified atom stereocenters. The first kappa shape index (κ1) is 12.7. The molecule has 0 aliphatic carbocycles. The van der Waals surface area contributed by atoms with Crippen molar-refractivity contribution in [3.05, 3.63) is 20.8 Å².